The summed E-state index contributed by atoms with van der Waals surface area (Å²) in [4.78, 5) is 22.0. The summed E-state index contributed by atoms with van der Waals surface area (Å²) in [6, 6.07) is 3.59. The predicted molar refractivity (Wildman–Crippen MR) is 65.2 cm³/mol. The van der Waals surface area contributed by atoms with Gasteiger partial charge in [0.25, 0.3) is 0 Å². The van der Waals surface area contributed by atoms with E-state index in [1.54, 1.807) is 12.3 Å². The summed E-state index contributed by atoms with van der Waals surface area (Å²) < 4.78 is 9.98. The molecule has 1 aromatic heterocycles. The van der Waals surface area contributed by atoms with Gasteiger partial charge in [-0.3, -0.25) is 9.59 Å². The van der Waals surface area contributed by atoms with Gasteiger partial charge in [0.05, 0.1) is 19.2 Å². The van der Waals surface area contributed by atoms with Crippen molar-refractivity contribution < 1.29 is 18.7 Å². The van der Waals surface area contributed by atoms with Crippen LogP contribution in [0.1, 0.15) is 12.2 Å². The van der Waals surface area contributed by atoms with Crippen LogP contribution in [0.4, 0.5) is 0 Å². The lowest BCUT2D eigenvalue weighted by Crippen LogP contribution is -2.22. The van der Waals surface area contributed by atoms with Gasteiger partial charge in [-0.2, -0.15) is 0 Å². The Hall–Kier alpha value is -1.34. The molecule has 0 aromatic carbocycles. The van der Waals surface area contributed by atoms with Crippen LogP contribution in [0.3, 0.4) is 0 Å². The number of cyclic esters (lactones) is 2. The minimum absolute atomic E-state index is 0.0755. The number of nitrogens with one attached hydrogen (secondary N) is 1. The highest BCUT2D eigenvalue weighted by Gasteiger charge is 2.34. The molecule has 0 saturated carbocycles. The number of carbonyl (C=O) groups is 2. The topological polar surface area (TPSA) is 68.5 Å². The summed E-state index contributed by atoms with van der Waals surface area (Å²) >= 11 is 6.17. The number of hydrogen-bond donors (Lipinski definition) is 1. The van der Waals surface area contributed by atoms with Crippen molar-refractivity contribution in [1.29, 1.82) is 0 Å². The van der Waals surface area contributed by atoms with Crippen LogP contribution in [0.15, 0.2) is 22.8 Å². The monoisotopic (exact) mass is 271 g/mol. The number of thiocarbonyl (C=S) groups is 1. The van der Waals surface area contributed by atoms with Gasteiger partial charge in [-0.1, -0.05) is 24.0 Å². The van der Waals surface area contributed by atoms with E-state index in [1.807, 2.05) is 6.07 Å². The Balaban J connectivity index is 1.78. The van der Waals surface area contributed by atoms with E-state index in [0.717, 1.165) is 17.5 Å². The summed E-state index contributed by atoms with van der Waals surface area (Å²) in [7, 11) is 0. The average molecular weight is 271 g/mol. The first-order chi connectivity index (χ1) is 8.15. The summed E-state index contributed by atoms with van der Waals surface area (Å²) in [6.07, 6.45) is 1.65. The Labute approximate surface area is 107 Å². The van der Waals surface area contributed by atoms with Crippen molar-refractivity contribution in [3.63, 3.8) is 0 Å². The van der Waals surface area contributed by atoms with Crippen molar-refractivity contribution in [3.8, 4) is 0 Å². The lowest BCUT2D eigenvalue weighted by atomic mass is 10.4. The van der Waals surface area contributed by atoms with Gasteiger partial charge in [0.1, 0.15) is 15.3 Å². The van der Waals surface area contributed by atoms with Crippen LogP contribution in [-0.4, -0.2) is 21.5 Å². The number of rotatable bonds is 3. The molecule has 90 valence electrons. The summed E-state index contributed by atoms with van der Waals surface area (Å²) in [5, 5.41) is 2.40. The van der Waals surface area contributed by atoms with Crippen molar-refractivity contribution in [2.24, 2.45) is 0 Å². The van der Waals surface area contributed by atoms with Gasteiger partial charge in [-0.05, 0) is 12.1 Å². The highest BCUT2D eigenvalue weighted by atomic mass is 32.2. The fourth-order valence-electron chi connectivity index (χ4n) is 1.29. The van der Waals surface area contributed by atoms with Crippen LogP contribution in [0.25, 0.3) is 0 Å². The molecule has 1 unspecified atom stereocenters. The molecule has 1 saturated heterocycles. The standard InChI is InChI=1S/C10H9NO4S2/c12-8-4-7(9(13)15-8)17-10(16)11-5-6-2-1-3-14-6/h1-3,7H,4-5H2,(H,11,16). The molecule has 1 atom stereocenters. The second-order valence-corrected chi connectivity index (χ2v) is 5.20. The first-order valence-corrected chi connectivity index (χ1v) is 6.15. The first-order valence-electron chi connectivity index (χ1n) is 4.86. The van der Waals surface area contributed by atoms with E-state index >= 15 is 0 Å². The van der Waals surface area contributed by atoms with Crippen molar-refractivity contribution in [1.82, 2.24) is 5.32 Å². The molecule has 1 fully saturated rings. The minimum atomic E-state index is -0.529. The van der Waals surface area contributed by atoms with Crippen LogP contribution >= 0.6 is 24.0 Å². The number of carbonyl (C=O) groups excluding carboxylic acids is 2. The summed E-state index contributed by atoms with van der Waals surface area (Å²) in [6.45, 7) is 0.453. The largest absolute Gasteiger partial charge is 0.467 e. The van der Waals surface area contributed by atoms with Gasteiger partial charge in [-0.25, -0.2) is 0 Å². The highest BCUT2D eigenvalue weighted by molar-refractivity contribution is 8.23. The Morgan fingerprint density at radius 3 is 3.00 bits per heavy atom. The molecule has 2 rings (SSSR count). The maximum atomic E-state index is 11.2. The third kappa shape index (κ3) is 3.31. The number of furan rings is 1. The van der Waals surface area contributed by atoms with Gasteiger partial charge < -0.3 is 14.5 Å². The molecule has 0 amide bonds. The van der Waals surface area contributed by atoms with Gasteiger partial charge >= 0.3 is 11.9 Å². The fourth-order valence-corrected chi connectivity index (χ4v) is 2.49. The average Bonchev–Trinajstić information content (AvgIpc) is 2.87. The predicted octanol–water partition coefficient (Wildman–Crippen LogP) is 1.23. The first kappa shape index (κ1) is 12.1. The molecule has 1 aliphatic rings. The van der Waals surface area contributed by atoms with Crippen molar-refractivity contribution in [3.05, 3.63) is 24.2 Å². The Bertz CT molecular complexity index is 443. The van der Waals surface area contributed by atoms with Gasteiger partial charge in [0.2, 0.25) is 0 Å². The number of esters is 2. The lowest BCUT2D eigenvalue weighted by molar-refractivity contribution is -0.151. The Morgan fingerprint density at radius 1 is 1.59 bits per heavy atom. The molecule has 0 bridgehead atoms. The van der Waals surface area contributed by atoms with E-state index in [0.29, 0.717) is 10.9 Å². The number of hydrogen-bond acceptors (Lipinski definition) is 6. The third-order valence-corrected chi connectivity index (χ3v) is 3.50. The SMILES string of the molecule is O=C1CC(SC(=S)NCc2ccco2)C(=O)O1. The van der Waals surface area contributed by atoms with E-state index < -0.39 is 17.2 Å². The molecule has 5 nitrogen and oxygen atoms in total. The maximum Gasteiger partial charge on any atom is 0.327 e. The molecular formula is C10H9NO4S2. The van der Waals surface area contributed by atoms with Gasteiger partial charge in [-0.15, -0.1) is 0 Å². The zero-order valence-electron chi connectivity index (χ0n) is 8.67. The molecular weight excluding hydrogens is 262 g/mol. The smallest absolute Gasteiger partial charge is 0.327 e. The van der Waals surface area contributed by atoms with Gasteiger partial charge in [0.15, 0.2) is 0 Å². The summed E-state index contributed by atoms with van der Waals surface area (Å²) in [5.41, 5.74) is 0. The van der Waals surface area contributed by atoms with Crippen LogP contribution in [0.2, 0.25) is 0 Å². The molecule has 0 aliphatic carbocycles. The molecule has 1 aliphatic heterocycles. The zero-order valence-corrected chi connectivity index (χ0v) is 10.3. The van der Waals surface area contributed by atoms with E-state index in [-0.39, 0.29) is 6.42 Å². The molecule has 1 aromatic rings. The maximum absolute atomic E-state index is 11.2. The Morgan fingerprint density at radius 2 is 2.41 bits per heavy atom. The quantitative estimate of drug-likeness (QED) is 0.503. The number of ether oxygens (including phenoxy) is 1. The number of thioether (sulfide) groups is 1. The molecule has 1 N–H and O–H groups in total. The molecule has 2 heterocycles. The fraction of sp³-hybridized carbons (Fsp3) is 0.300. The van der Waals surface area contributed by atoms with Crippen LogP contribution in [0.5, 0.6) is 0 Å². The van der Waals surface area contributed by atoms with E-state index in [1.165, 1.54) is 0 Å². The second-order valence-electron chi connectivity index (χ2n) is 3.32. The molecule has 7 heteroatoms. The zero-order chi connectivity index (χ0) is 12.3. The van der Waals surface area contributed by atoms with E-state index in [9.17, 15) is 9.59 Å². The third-order valence-electron chi connectivity index (χ3n) is 2.07. The summed E-state index contributed by atoms with van der Waals surface area (Å²) in [5.74, 6) is -0.276. The van der Waals surface area contributed by atoms with Crippen LogP contribution < -0.4 is 5.32 Å². The lowest BCUT2D eigenvalue weighted by Gasteiger charge is -2.07. The second kappa shape index (κ2) is 5.33. The van der Waals surface area contributed by atoms with Crippen molar-refractivity contribution >= 4 is 40.2 Å². The van der Waals surface area contributed by atoms with Crippen molar-refractivity contribution in [2.75, 3.05) is 0 Å². The van der Waals surface area contributed by atoms with Crippen LogP contribution in [0, 0.1) is 0 Å². The van der Waals surface area contributed by atoms with Gasteiger partial charge in [0, 0.05) is 0 Å². The van der Waals surface area contributed by atoms with E-state index in [2.05, 4.69) is 10.1 Å². The highest BCUT2D eigenvalue weighted by Crippen LogP contribution is 2.23. The molecule has 0 radical (unpaired) electrons. The minimum Gasteiger partial charge on any atom is -0.467 e. The Kier molecular flexibility index (Phi) is 3.80. The van der Waals surface area contributed by atoms with Crippen LogP contribution in [-0.2, 0) is 20.9 Å². The van der Waals surface area contributed by atoms with E-state index in [4.69, 9.17) is 16.6 Å². The van der Waals surface area contributed by atoms with Crippen molar-refractivity contribution in [2.45, 2.75) is 18.2 Å². The molecule has 17 heavy (non-hydrogen) atoms. The normalized spacial score (nSPS) is 19.2. The molecule has 0 spiro atoms.